The summed E-state index contributed by atoms with van der Waals surface area (Å²) < 4.78 is 5.88. The van der Waals surface area contributed by atoms with E-state index in [1.54, 1.807) is 12.1 Å². The van der Waals surface area contributed by atoms with Gasteiger partial charge in [0.05, 0.1) is 16.0 Å². The second-order valence-corrected chi connectivity index (χ2v) is 3.69. The Morgan fingerprint density at radius 2 is 2.27 bits per heavy atom. The molecular weight excluding hydrogens is 264 g/mol. The zero-order valence-electron chi connectivity index (χ0n) is 7.98. The van der Waals surface area contributed by atoms with Gasteiger partial charge in [0.25, 0.3) is 0 Å². The normalized spacial score (nSPS) is 10.0. The highest BCUT2D eigenvalue weighted by Gasteiger charge is 2.17. The first-order valence-corrected chi connectivity index (χ1v) is 5.22. The summed E-state index contributed by atoms with van der Waals surface area (Å²) in [5, 5.41) is 10.7. The van der Waals surface area contributed by atoms with Crippen LogP contribution in [0.5, 0.6) is 5.75 Å². The molecule has 0 saturated heterocycles. The van der Waals surface area contributed by atoms with Crippen LogP contribution >= 0.6 is 15.9 Å². The second kappa shape index (κ2) is 5.67. The third-order valence-corrected chi connectivity index (χ3v) is 2.36. The Kier molecular flexibility index (Phi) is 4.51. The Labute approximate surface area is 95.5 Å². The minimum Gasteiger partial charge on any atom is -0.486 e. The third kappa shape index (κ3) is 3.17. The molecule has 1 aromatic rings. The summed E-state index contributed by atoms with van der Waals surface area (Å²) in [4.78, 5) is 10.2. The van der Waals surface area contributed by atoms with E-state index in [0.29, 0.717) is 24.0 Å². The molecule has 82 valence electrons. The number of hydrogen-bond donors (Lipinski definition) is 1. The zero-order valence-corrected chi connectivity index (χ0v) is 9.57. The van der Waals surface area contributed by atoms with Gasteiger partial charge in [-0.3, -0.25) is 10.1 Å². The van der Waals surface area contributed by atoms with E-state index < -0.39 is 4.92 Å². The van der Waals surface area contributed by atoms with Gasteiger partial charge in [0.1, 0.15) is 0 Å². The Morgan fingerprint density at radius 1 is 1.53 bits per heavy atom. The van der Waals surface area contributed by atoms with Crippen LogP contribution in [0.25, 0.3) is 0 Å². The topological polar surface area (TPSA) is 78.4 Å². The van der Waals surface area contributed by atoms with Crippen LogP contribution < -0.4 is 10.5 Å². The molecule has 0 aliphatic rings. The highest BCUT2D eigenvalue weighted by atomic mass is 79.9. The van der Waals surface area contributed by atoms with E-state index in [0.717, 1.165) is 0 Å². The SMILES string of the molecule is NCCCOc1c(Br)cccc1[N+](=O)[O-]. The average molecular weight is 275 g/mol. The summed E-state index contributed by atoms with van der Waals surface area (Å²) in [6.45, 7) is 0.873. The predicted octanol–water partition coefficient (Wildman–Crippen LogP) is 2.08. The van der Waals surface area contributed by atoms with Gasteiger partial charge in [0.2, 0.25) is 5.75 Å². The van der Waals surface area contributed by atoms with Crippen LogP contribution in [-0.2, 0) is 0 Å². The largest absolute Gasteiger partial charge is 0.486 e. The summed E-state index contributed by atoms with van der Waals surface area (Å²) >= 11 is 3.21. The van der Waals surface area contributed by atoms with Crippen LogP contribution in [0.3, 0.4) is 0 Å². The maximum atomic E-state index is 10.7. The molecule has 0 amide bonds. The molecule has 2 N–H and O–H groups in total. The van der Waals surface area contributed by atoms with Crippen LogP contribution in [0.2, 0.25) is 0 Å². The summed E-state index contributed by atoms with van der Waals surface area (Å²) in [5.74, 6) is 0.260. The van der Waals surface area contributed by atoms with Gasteiger partial charge in [-0.25, -0.2) is 0 Å². The standard InChI is InChI=1S/C9H11BrN2O3/c10-7-3-1-4-8(12(13)14)9(7)15-6-2-5-11/h1,3-4H,2,5-6,11H2. The lowest BCUT2D eigenvalue weighted by Crippen LogP contribution is -2.07. The van der Waals surface area contributed by atoms with Crippen molar-refractivity contribution in [3.8, 4) is 5.75 Å². The van der Waals surface area contributed by atoms with Gasteiger partial charge in [-0.15, -0.1) is 0 Å². The monoisotopic (exact) mass is 274 g/mol. The molecule has 0 saturated carbocycles. The number of nitrogens with zero attached hydrogens (tertiary/aromatic N) is 1. The summed E-state index contributed by atoms with van der Waals surface area (Å²) in [7, 11) is 0. The van der Waals surface area contributed by atoms with Crippen molar-refractivity contribution in [3.05, 3.63) is 32.8 Å². The Hall–Kier alpha value is -1.14. The van der Waals surface area contributed by atoms with E-state index in [1.807, 2.05) is 0 Å². The van der Waals surface area contributed by atoms with Crippen molar-refractivity contribution in [1.82, 2.24) is 0 Å². The number of nitro groups is 1. The van der Waals surface area contributed by atoms with Gasteiger partial charge in [-0.1, -0.05) is 6.07 Å². The molecule has 5 nitrogen and oxygen atoms in total. The van der Waals surface area contributed by atoms with Gasteiger partial charge < -0.3 is 10.5 Å². The first-order valence-electron chi connectivity index (χ1n) is 4.42. The number of ether oxygens (including phenoxy) is 1. The van der Waals surface area contributed by atoms with Crippen molar-refractivity contribution in [1.29, 1.82) is 0 Å². The average Bonchev–Trinajstić information content (AvgIpc) is 2.20. The van der Waals surface area contributed by atoms with Crippen LogP contribution in [-0.4, -0.2) is 18.1 Å². The lowest BCUT2D eigenvalue weighted by atomic mass is 10.3. The smallest absolute Gasteiger partial charge is 0.312 e. The molecule has 0 unspecified atom stereocenters. The lowest BCUT2D eigenvalue weighted by Gasteiger charge is -2.07. The second-order valence-electron chi connectivity index (χ2n) is 2.84. The molecule has 0 aliphatic heterocycles. The van der Waals surface area contributed by atoms with E-state index >= 15 is 0 Å². The molecule has 0 radical (unpaired) electrons. The molecule has 0 heterocycles. The maximum absolute atomic E-state index is 10.7. The van der Waals surface area contributed by atoms with Crippen LogP contribution in [0.15, 0.2) is 22.7 Å². The predicted molar refractivity (Wildman–Crippen MR) is 60.0 cm³/mol. The molecule has 0 aromatic heterocycles. The summed E-state index contributed by atoms with van der Waals surface area (Å²) in [6, 6.07) is 4.70. The Morgan fingerprint density at radius 3 is 2.87 bits per heavy atom. The fourth-order valence-electron chi connectivity index (χ4n) is 1.04. The van der Waals surface area contributed by atoms with Crippen molar-refractivity contribution in [2.45, 2.75) is 6.42 Å². The van der Waals surface area contributed by atoms with E-state index in [2.05, 4.69) is 15.9 Å². The molecule has 1 rings (SSSR count). The van der Waals surface area contributed by atoms with Crippen LogP contribution in [0.1, 0.15) is 6.42 Å². The lowest BCUT2D eigenvalue weighted by molar-refractivity contribution is -0.386. The Bertz CT molecular complexity index is 357. The highest BCUT2D eigenvalue weighted by Crippen LogP contribution is 2.34. The highest BCUT2D eigenvalue weighted by molar-refractivity contribution is 9.10. The number of rotatable bonds is 5. The molecule has 0 aliphatic carbocycles. The molecule has 6 heteroatoms. The minimum absolute atomic E-state index is 0.0404. The van der Waals surface area contributed by atoms with Crippen molar-refractivity contribution in [2.24, 2.45) is 5.73 Å². The summed E-state index contributed by atoms with van der Waals surface area (Å²) in [6.07, 6.45) is 0.665. The number of para-hydroxylation sites is 1. The fraction of sp³-hybridized carbons (Fsp3) is 0.333. The number of halogens is 1. The molecule has 15 heavy (non-hydrogen) atoms. The molecule has 0 bridgehead atoms. The Balaban J connectivity index is 2.87. The zero-order chi connectivity index (χ0) is 11.3. The van der Waals surface area contributed by atoms with Gasteiger partial charge in [-0.2, -0.15) is 0 Å². The van der Waals surface area contributed by atoms with Gasteiger partial charge in [-0.05, 0) is 35.0 Å². The first kappa shape index (κ1) is 11.9. The van der Waals surface area contributed by atoms with Crippen molar-refractivity contribution < 1.29 is 9.66 Å². The minimum atomic E-state index is -0.470. The quantitative estimate of drug-likeness (QED) is 0.507. The molecule has 0 spiro atoms. The van der Waals surface area contributed by atoms with Crippen molar-refractivity contribution in [3.63, 3.8) is 0 Å². The van der Waals surface area contributed by atoms with E-state index in [1.165, 1.54) is 6.07 Å². The van der Waals surface area contributed by atoms with Crippen LogP contribution in [0.4, 0.5) is 5.69 Å². The summed E-state index contributed by atoms with van der Waals surface area (Å²) in [5.41, 5.74) is 5.26. The van der Waals surface area contributed by atoms with Gasteiger partial charge in [0, 0.05) is 6.07 Å². The van der Waals surface area contributed by atoms with E-state index in [-0.39, 0.29) is 11.4 Å². The van der Waals surface area contributed by atoms with Crippen molar-refractivity contribution in [2.75, 3.05) is 13.2 Å². The number of benzene rings is 1. The van der Waals surface area contributed by atoms with Crippen molar-refractivity contribution >= 4 is 21.6 Å². The molecule has 0 fully saturated rings. The number of hydrogen-bond acceptors (Lipinski definition) is 4. The third-order valence-electron chi connectivity index (χ3n) is 1.74. The van der Waals surface area contributed by atoms with Gasteiger partial charge >= 0.3 is 5.69 Å². The molecular formula is C9H11BrN2O3. The van der Waals surface area contributed by atoms with E-state index in [9.17, 15) is 10.1 Å². The molecule has 0 atom stereocenters. The van der Waals surface area contributed by atoms with Crippen LogP contribution in [0, 0.1) is 10.1 Å². The molecule has 1 aromatic carbocycles. The van der Waals surface area contributed by atoms with E-state index in [4.69, 9.17) is 10.5 Å². The maximum Gasteiger partial charge on any atom is 0.312 e. The number of nitro benzene ring substituents is 1. The fourth-order valence-corrected chi connectivity index (χ4v) is 1.51. The number of nitrogens with two attached hydrogens (primary N) is 1. The van der Waals surface area contributed by atoms with Gasteiger partial charge in [0.15, 0.2) is 0 Å². The first-order chi connectivity index (χ1) is 7.16.